The average molecular weight is 266 g/mol. The van der Waals surface area contributed by atoms with E-state index in [0.29, 0.717) is 18.1 Å². The average Bonchev–Trinajstić information content (AvgIpc) is 2.82. The lowest BCUT2D eigenvalue weighted by Gasteiger charge is -2.31. The first-order valence-corrected chi connectivity index (χ1v) is 7.47. The zero-order valence-corrected chi connectivity index (χ0v) is 13.3. The van der Waals surface area contributed by atoms with Crippen LogP contribution in [0.5, 0.6) is 0 Å². The van der Waals surface area contributed by atoms with Crippen molar-refractivity contribution in [3.8, 4) is 0 Å². The van der Waals surface area contributed by atoms with Crippen molar-refractivity contribution in [1.29, 1.82) is 0 Å². The molecule has 1 heterocycles. The second-order valence-corrected chi connectivity index (χ2v) is 5.73. The van der Waals surface area contributed by atoms with E-state index in [1.807, 2.05) is 10.9 Å². The summed E-state index contributed by atoms with van der Waals surface area (Å²) in [5, 5.41) is 7.90. The number of rotatable bonds is 8. The fourth-order valence-electron chi connectivity index (χ4n) is 2.42. The Balaban J connectivity index is 2.39. The summed E-state index contributed by atoms with van der Waals surface area (Å²) in [6.07, 6.45) is 4.09. The van der Waals surface area contributed by atoms with Gasteiger partial charge in [0, 0.05) is 49.5 Å². The summed E-state index contributed by atoms with van der Waals surface area (Å²) in [5.41, 5.74) is 1.27. The van der Waals surface area contributed by atoms with Crippen LogP contribution in [0, 0.1) is 0 Å². The van der Waals surface area contributed by atoms with Crippen LogP contribution in [0.15, 0.2) is 12.4 Å². The number of nitrogens with zero attached hydrogens (tertiary/aromatic N) is 3. The van der Waals surface area contributed by atoms with Gasteiger partial charge in [0.25, 0.3) is 0 Å². The zero-order valence-electron chi connectivity index (χ0n) is 13.3. The van der Waals surface area contributed by atoms with E-state index in [0.717, 1.165) is 19.6 Å². The summed E-state index contributed by atoms with van der Waals surface area (Å²) in [6.45, 7) is 16.4. The Morgan fingerprint density at radius 3 is 2.32 bits per heavy atom. The molecule has 4 heteroatoms. The molecule has 4 nitrogen and oxygen atoms in total. The molecule has 0 saturated carbocycles. The summed E-state index contributed by atoms with van der Waals surface area (Å²) in [7, 11) is 0. The third kappa shape index (κ3) is 4.96. The molecule has 110 valence electrons. The van der Waals surface area contributed by atoms with Crippen molar-refractivity contribution < 1.29 is 0 Å². The van der Waals surface area contributed by atoms with E-state index >= 15 is 0 Å². The number of nitrogens with one attached hydrogen (secondary N) is 1. The first-order valence-electron chi connectivity index (χ1n) is 7.47. The third-order valence-corrected chi connectivity index (χ3v) is 3.62. The molecule has 0 amide bonds. The van der Waals surface area contributed by atoms with Gasteiger partial charge >= 0.3 is 0 Å². The lowest BCUT2D eigenvalue weighted by molar-refractivity contribution is 0.174. The molecule has 0 aliphatic rings. The smallest absolute Gasteiger partial charge is 0.0537 e. The summed E-state index contributed by atoms with van der Waals surface area (Å²) >= 11 is 0. The second kappa shape index (κ2) is 7.65. The Morgan fingerprint density at radius 1 is 1.21 bits per heavy atom. The predicted molar refractivity (Wildman–Crippen MR) is 81.3 cm³/mol. The molecule has 1 aromatic rings. The molecule has 0 aliphatic carbocycles. The molecule has 1 rings (SSSR count). The molecule has 0 bridgehead atoms. The maximum absolute atomic E-state index is 4.32. The minimum atomic E-state index is 0.362. The van der Waals surface area contributed by atoms with Gasteiger partial charge in [0.05, 0.1) is 6.20 Å². The lowest BCUT2D eigenvalue weighted by atomic mass is 10.2. The number of hydrogen-bond donors (Lipinski definition) is 1. The van der Waals surface area contributed by atoms with Crippen molar-refractivity contribution in [2.45, 2.75) is 66.2 Å². The highest BCUT2D eigenvalue weighted by Crippen LogP contribution is 2.11. The molecule has 0 aromatic carbocycles. The van der Waals surface area contributed by atoms with Crippen LogP contribution in [0.4, 0.5) is 0 Å². The van der Waals surface area contributed by atoms with Crippen LogP contribution in [0.3, 0.4) is 0 Å². The van der Waals surface area contributed by atoms with Crippen LogP contribution in [-0.2, 0) is 6.54 Å². The summed E-state index contributed by atoms with van der Waals surface area (Å²) < 4.78 is 1.97. The minimum absolute atomic E-state index is 0.362. The zero-order chi connectivity index (χ0) is 14.4. The van der Waals surface area contributed by atoms with Crippen molar-refractivity contribution in [3.63, 3.8) is 0 Å². The van der Waals surface area contributed by atoms with Crippen molar-refractivity contribution in [2.75, 3.05) is 13.1 Å². The molecule has 0 radical (unpaired) electrons. The summed E-state index contributed by atoms with van der Waals surface area (Å²) in [5.74, 6) is 0. The van der Waals surface area contributed by atoms with Crippen molar-refractivity contribution >= 4 is 0 Å². The van der Waals surface area contributed by atoms with Crippen LogP contribution in [0.25, 0.3) is 0 Å². The van der Waals surface area contributed by atoms with E-state index < -0.39 is 0 Å². The van der Waals surface area contributed by atoms with Gasteiger partial charge in [-0.3, -0.25) is 9.58 Å². The molecule has 0 saturated heterocycles. The maximum atomic E-state index is 4.32. The lowest BCUT2D eigenvalue weighted by Crippen LogP contribution is -2.41. The van der Waals surface area contributed by atoms with Gasteiger partial charge in [0.2, 0.25) is 0 Å². The highest BCUT2D eigenvalue weighted by molar-refractivity contribution is 5.09. The summed E-state index contributed by atoms with van der Waals surface area (Å²) in [6, 6.07) is 1.56. The molecule has 0 fully saturated rings. The maximum Gasteiger partial charge on any atom is 0.0537 e. The Hall–Kier alpha value is -0.870. The normalized spacial score (nSPS) is 13.7. The van der Waals surface area contributed by atoms with Gasteiger partial charge in [0.15, 0.2) is 0 Å². The molecule has 1 N–H and O–H groups in total. The SMILES string of the molecule is CCn1cc(C(C)NCCN(C(C)C)C(C)C)cn1. The van der Waals surface area contributed by atoms with E-state index in [1.54, 1.807) is 0 Å². The fraction of sp³-hybridized carbons (Fsp3) is 0.800. The second-order valence-electron chi connectivity index (χ2n) is 5.73. The van der Waals surface area contributed by atoms with E-state index in [2.05, 4.69) is 63.1 Å². The van der Waals surface area contributed by atoms with Gasteiger partial charge in [-0.05, 0) is 41.5 Å². The van der Waals surface area contributed by atoms with Crippen LogP contribution >= 0.6 is 0 Å². The van der Waals surface area contributed by atoms with Crippen LogP contribution in [0.2, 0.25) is 0 Å². The standard InChI is InChI=1S/C15H30N4/c1-7-18-11-15(10-17-18)14(6)16-8-9-19(12(2)3)13(4)5/h10-14,16H,7-9H2,1-6H3. The van der Waals surface area contributed by atoms with E-state index in [9.17, 15) is 0 Å². The number of aromatic nitrogens is 2. The first kappa shape index (κ1) is 16.2. The number of hydrogen-bond acceptors (Lipinski definition) is 3. The molecular formula is C15H30N4. The van der Waals surface area contributed by atoms with Crippen molar-refractivity contribution in [3.05, 3.63) is 18.0 Å². The van der Waals surface area contributed by atoms with Crippen LogP contribution < -0.4 is 5.32 Å². The van der Waals surface area contributed by atoms with E-state index in [1.165, 1.54) is 5.56 Å². The van der Waals surface area contributed by atoms with E-state index in [-0.39, 0.29) is 0 Å². The van der Waals surface area contributed by atoms with Gasteiger partial charge in [-0.2, -0.15) is 5.10 Å². The molecular weight excluding hydrogens is 236 g/mol. The van der Waals surface area contributed by atoms with E-state index in [4.69, 9.17) is 0 Å². The van der Waals surface area contributed by atoms with Gasteiger partial charge in [-0.1, -0.05) is 0 Å². The number of aryl methyl sites for hydroxylation is 1. The highest BCUT2D eigenvalue weighted by atomic mass is 15.3. The Bertz CT molecular complexity index is 349. The Morgan fingerprint density at radius 2 is 1.84 bits per heavy atom. The van der Waals surface area contributed by atoms with Gasteiger partial charge in [0.1, 0.15) is 0 Å². The Labute approximate surface area is 118 Å². The van der Waals surface area contributed by atoms with Crippen LogP contribution in [0.1, 0.15) is 53.1 Å². The fourth-order valence-corrected chi connectivity index (χ4v) is 2.42. The highest BCUT2D eigenvalue weighted by Gasteiger charge is 2.13. The quantitative estimate of drug-likeness (QED) is 0.785. The molecule has 1 aromatic heterocycles. The van der Waals surface area contributed by atoms with Crippen LogP contribution in [-0.4, -0.2) is 39.9 Å². The summed E-state index contributed by atoms with van der Waals surface area (Å²) in [4.78, 5) is 2.51. The third-order valence-electron chi connectivity index (χ3n) is 3.62. The predicted octanol–water partition coefficient (Wildman–Crippen LogP) is 2.67. The van der Waals surface area contributed by atoms with Gasteiger partial charge in [-0.25, -0.2) is 0 Å². The molecule has 0 aliphatic heterocycles. The van der Waals surface area contributed by atoms with Gasteiger partial charge < -0.3 is 5.32 Å². The minimum Gasteiger partial charge on any atom is -0.309 e. The molecule has 19 heavy (non-hydrogen) atoms. The first-order chi connectivity index (χ1) is 8.95. The largest absolute Gasteiger partial charge is 0.309 e. The molecule has 1 atom stereocenters. The molecule has 1 unspecified atom stereocenters. The molecule has 0 spiro atoms. The monoisotopic (exact) mass is 266 g/mol. The van der Waals surface area contributed by atoms with Crippen molar-refractivity contribution in [1.82, 2.24) is 20.0 Å². The topological polar surface area (TPSA) is 33.1 Å². The van der Waals surface area contributed by atoms with Gasteiger partial charge in [-0.15, -0.1) is 0 Å². The van der Waals surface area contributed by atoms with Crippen molar-refractivity contribution in [2.24, 2.45) is 0 Å². The Kier molecular flexibility index (Phi) is 6.52.